The van der Waals surface area contributed by atoms with E-state index in [0.29, 0.717) is 11.1 Å². The molecule has 0 radical (unpaired) electrons. The Bertz CT molecular complexity index is 672. The van der Waals surface area contributed by atoms with Crippen molar-refractivity contribution in [2.24, 2.45) is 10.9 Å². The van der Waals surface area contributed by atoms with E-state index in [-0.39, 0.29) is 5.84 Å². The molecule has 4 nitrogen and oxygen atoms in total. The number of thioether (sulfide) groups is 1. The highest BCUT2D eigenvalue weighted by molar-refractivity contribution is 9.10. The van der Waals surface area contributed by atoms with E-state index >= 15 is 0 Å². The summed E-state index contributed by atoms with van der Waals surface area (Å²) in [5.41, 5.74) is 6.95. The van der Waals surface area contributed by atoms with Crippen molar-refractivity contribution in [1.29, 1.82) is 0 Å². The Morgan fingerprint density at radius 3 is 2.52 bits per heavy atom. The Morgan fingerprint density at radius 2 is 1.86 bits per heavy atom. The Labute approximate surface area is 135 Å². The summed E-state index contributed by atoms with van der Waals surface area (Å²) in [6.45, 7) is 0. The fourth-order valence-electron chi connectivity index (χ4n) is 1.63. The molecule has 2 aromatic carbocycles. The van der Waals surface area contributed by atoms with Gasteiger partial charge in [0.25, 0.3) is 0 Å². The molecule has 0 aliphatic heterocycles. The predicted octanol–water partition coefficient (Wildman–Crippen LogP) is 3.65. The minimum Gasteiger partial charge on any atom is -0.380 e. The second kappa shape index (κ2) is 7.28. The molecule has 0 bridgehead atoms. The molecule has 0 spiro atoms. The second-order valence-electron chi connectivity index (χ2n) is 4.06. The first-order valence-corrected chi connectivity index (χ1v) is 8.07. The smallest absolute Gasteiger partial charge is 0.366 e. The monoisotopic (exact) mass is 364 g/mol. The average Bonchev–Trinajstić information content (AvgIpc) is 2.52. The molecule has 2 rings (SSSR count). The van der Waals surface area contributed by atoms with Gasteiger partial charge in [-0.15, -0.1) is 11.8 Å². The summed E-state index contributed by atoms with van der Waals surface area (Å²) >= 11 is 4.81. The minimum atomic E-state index is -0.528. The summed E-state index contributed by atoms with van der Waals surface area (Å²) < 4.78 is 0.935. The molecule has 0 atom stereocenters. The van der Waals surface area contributed by atoms with Gasteiger partial charge in [-0.3, -0.25) is 0 Å². The van der Waals surface area contributed by atoms with Crippen LogP contribution in [0, 0.1) is 0 Å². The standard InChI is InChI=1S/C15H13BrN2O2S/c1-21-13-5-3-2-4-12(13)15(19)20-18-14(17)10-6-8-11(16)9-7-10/h2-9H,1H3,(H2,17,18). The fourth-order valence-corrected chi connectivity index (χ4v) is 2.48. The first-order chi connectivity index (χ1) is 10.1. The zero-order valence-electron chi connectivity index (χ0n) is 11.2. The number of hydrogen-bond donors (Lipinski definition) is 1. The highest BCUT2D eigenvalue weighted by atomic mass is 79.9. The van der Waals surface area contributed by atoms with Crippen LogP contribution in [0.25, 0.3) is 0 Å². The maximum Gasteiger partial charge on any atom is 0.366 e. The van der Waals surface area contributed by atoms with Crippen molar-refractivity contribution in [2.75, 3.05) is 6.26 Å². The van der Waals surface area contributed by atoms with Gasteiger partial charge in [-0.05, 0) is 30.5 Å². The van der Waals surface area contributed by atoms with Crippen molar-refractivity contribution in [3.63, 3.8) is 0 Å². The Balaban J connectivity index is 2.12. The van der Waals surface area contributed by atoms with Crippen LogP contribution in [0.2, 0.25) is 0 Å². The molecule has 2 N–H and O–H groups in total. The fraction of sp³-hybridized carbons (Fsp3) is 0.0667. The first kappa shape index (κ1) is 15.6. The van der Waals surface area contributed by atoms with Crippen LogP contribution in [0.3, 0.4) is 0 Å². The molecule has 0 aliphatic carbocycles. The molecular weight excluding hydrogens is 352 g/mol. The molecule has 2 aromatic rings. The van der Waals surface area contributed by atoms with Crippen LogP contribution in [-0.4, -0.2) is 18.1 Å². The van der Waals surface area contributed by atoms with E-state index in [1.807, 2.05) is 30.5 Å². The zero-order valence-corrected chi connectivity index (χ0v) is 13.6. The average molecular weight is 365 g/mol. The number of halogens is 1. The van der Waals surface area contributed by atoms with Crippen LogP contribution < -0.4 is 5.73 Å². The lowest BCUT2D eigenvalue weighted by Crippen LogP contribution is -2.15. The summed E-state index contributed by atoms with van der Waals surface area (Å²) in [7, 11) is 0. The van der Waals surface area contributed by atoms with Gasteiger partial charge in [-0.1, -0.05) is 45.4 Å². The number of rotatable bonds is 4. The van der Waals surface area contributed by atoms with Gasteiger partial charge in [-0.2, -0.15) is 0 Å². The number of carbonyl (C=O) groups excluding carboxylic acids is 1. The summed E-state index contributed by atoms with van der Waals surface area (Å²) in [5, 5.41) is 3.70. The number of carbonyl (C=O) groups is 1. The quantitative estimate of drug-likeness (QED) is 0.295. The van der Waals surface area contributed by atoms with Gasteiger partial charge in [0.15, 0.2) is 5.84 Å². The van der Waals surface area contributed by atoms with Gasteiger partial charge < -0.3 is 10.6 Å². The third-order valence-corrected chi connectivity index (χ3v) is 4.02. The molecule has 108 valence electrons. The molecule has 6 heteroatoms. The number of oxime groups is 1. The van der Waals surface area contributed by atoms with Crippen LogP contribution in [0.5, 0.6) is 0 Å². The van der Waals surface area contributed by atoms with Crippen LogP contribution >= 0.6 is 27.7 Å². The Kier molecular flexibility index (Phi) is 5.41. The second-order valence-corrected chi connectivity index (χ2v) is 5.83. The van der Waals surface area contributed by atoms with Crippen molar-refractivity contribution in [3.05, 3.63) is 64.1 Å². The van der Waals surface area contributed by atoms with Gasteiger partial charge in [-0.25, -0.2) is 4.79 Å². The highest BCUT2D eigenvalue weighted by Crippen LogP contribution is 2.20. The van der Waals surface area contributed by atoms with E-state index in [1.165, 1.54) is 11.8 Å². The van der Waals surface area contributed by atoms with Gasteiger partial charge in [0.05, 0.1) is 5.56 Å². The van der Waals surface area contributed by atoms with E-state index in [2.05, 4.69) is 21.1 Å². The summed E-state index contributed by atoms with van der Waals surface area (Å²) in [6, 6.07) is 14.4. The molecule has 0 saturated carbocycles. The molecule has 0 fully saturated rings. The number of nitrogens with two attached hydrogens (primary N) is 1. The largest absolute Gasteiger partial charge is 0.380 e. The van der Waals surface area contributed by atoms with E-state index in [9.17, 15) is 4.79 Å². The number of benzene rings is 2. The van der Waals surface area contributed by atoms with Crippen molar-refractivity contribution < 1.29 is 9.63 Å². The molecule has 0 aromatic heterocycles. The van der Waals surface area contributed by atoms with Crippen molar-refractivity contribution in [2.45, 2.75) is 4.90 Å². The molecule has 0 saturated heterocycles. The van der Waals surface area contributed by atoms with E-state index in [1.54, 1.807) is 24.3 Å². The van der Waals surface area contributed by atoms with Crippen molar-refractivity contribution in [3.8, 4) is 0 Å². The maximum absolute atomic E-state index is 12.0. The maximum atomic E-state index is 12.0. The number of nitrogens with zero attached hydrogens (tertiary/aromatic N) is 1. The SMILES string of the molecule is CSc1ccccc1C(=O)O/N=C(/N)c1ccc(Br)cc1. The van der Waals surface area contributed by atoms with E-state index < -0.39 is 5.97 Å². The van der Waals surface area contributed by atoms with Crippen LogP contribution in [0.15, 0.2) is 63.1 Å². The third kappa shape index (κ3) is 4.09. The van der Waals surface area contributed by atoms with E-state index in [0.717, 1.165) is 9.37 Å². The van der Waals surface area contributed by atoms with Crippen LogP contribution in [-0.2, 0) is 4.84 Å². The first-order valence-electron chi connectivity index (χ1n) is 6.05. The van der Waals surface area contributed by atoms with Gasteiger partial charge in [0, 0.05) is 14.9 Å². The lowest BCUT2D eigenvalue weighted by molar-refractivity contribution is 0.0512. The topological polar surface area (TPSA) is 64.7 Å². The van der Waals surface area contributed by atoms with Crippen molar-refractivity contribution in [1.82, 2.24) is 0 Å². The predicted molar refractivity (Wildman–Crippen MR) is 88.5 cm³/mol. The molecule has 0 heterocycles. The zero-order chi connectivity index (χ0) is 15.2. The lowest BCUT2D eigenvalue weighted by atomic mass is 10.2. The summed E-state index contributed by atoms with van der Waals surface area (Å²) in [5.74, 6) is -0.377. The van der Waals surface area contributed by atoms with Crippen LogP contribution in [0.4, 0.5) is 0 Å². The van der Waals surface area contributed by atoms with Gasteiger partial charge >= 0.3 is 5.97 Å². The van der Waals surface area contributed by atoms with E-state index in [4.69, 9.17) is 10.6 Å². The Morgan fingerprint density at radius 1 is 1.19 bits per heavy atom. The molecular formula is C15H13BrN2O2S. The normalized spacial score (nSPS) is 11.2. The number of amidine groups is 1. The lowest BCUT2D eigenvalue weighted by Gasteiger charge is -2.04. The van der Waals surface area contributed by atoms with Crippen molar-refractivity contribution >= 4 is 39.5 Å². The molecule has 0 amide bonds. The third-order valence-electron chi connectivity index (χ3n) is 2.69. The molecule has 0 unspecified atom stereocenters. The highest BCUT2D eigenvalue weighted by Gasteiger charge is 2.12. The summed E-state index contributed by atoms with van der Waals surface area (Å²) in [4.78, 5) is 17.8. The Hall–Kier alpha value is -1.79. The number of hydrogen-bond acceptors (Lipinski definition) is 4. The van der Waals surface area contributed by atoms with Crippen LogP contribution in [0.1, 0.15) is 15.9 Å². The minimum absolute atomic E-state index is 0.150. The summed E-state index contributed by atoms with van der Waals surface area (Å²) in [6.07, 6.45) is 1.89. The molecule has 0 aliphatic rings. The molecule has 21 heavy (non-hydrogen) atoms. The van der Waals surface area contributed by atoms with Gasteiger partial charge in [0.1, 0.15) is 0 Å². The van der Waals surface area contributed by atoms with Gasteiger partial charge in [0.2, 0.25) is 0 Å².